The third-order valence-corrected chi connectivity index (χ3v) is 12.6. The first-order chi connectivity index (χ1) is 30.3. The molecule has 1 aliphatic rings. The van der Waals surface area contributed by atoms with Gasteiger partial charge in [0.1, 0.15) is 12.1 Å². The van der Waals surface area contributed by atoms with Gasteiger partial charge in [-0.05, 0) is 48.6 Å². The van der Waals surface area contributed by atoms with Crippen LogP contribution in [0, 0.1) is 23.7 Å². The Morgan fingerprint density at radius 1 is 0.906 bits per heavy atom. The topological polar surface area (TPSA) is 261 Å². The van der Waals surface area contributed by atoms with Gasteiger partial charge in [-0.2, -0.15) is 0 Å². The highest BCUT2D eigenvalue weighted by molar-refractivity contribution is 7.51. The van der Waals surface area contributed by atoms with Gasteiger partial charge in [-0.25, -0.2) is 4.98 Å². The lowest BCUT2D eigenvalue weighted by Crippen LogP contribution is -2.52. The summed E-state index contributed by atoms with van der Waals surface area (Å²) in [7, 11) is -4.58. The summed E-state index contributed by atoms with van der Waals surface area (Å²) in [5.74, 6) is -7.38. The van der Waals surface area contributed by atoms with Crippen molar-refractivity contribution in [1.82, 2.24) is 25.1 Å². The fourth-order valence-electron chi connectivity index (χ4n) is 8.15. The number of nitrogens with one attached hydrogen (secondary N) is 2. The number of nitrogens with two attached hydrogens (primary N) is 1. The molecule has 0 bridgehead atoms. The molecule has 64 heavy (non-hydrogen) atoms. The first-order valence-electron chi connectivity index (χ1n) is 21.9. The molecule has 350 valence electrons. The van der Waals surface area contributed by atoms with Crippen molar-refractivity contribution >= 4 is 42.8 Å². The Hall–Kier alpha value is -5.06. The predicted molar refractivity (Wildman–Crippen MR) is 238 cm³/mol. The quantitative estimate of drug-likeness (QED) is 0.0477. The van der Waals surface area contributed by atoms with Crippen molar-refractivity contribution in [2.75, 3.05) is 25.9 Å². The molecule has 1 aromatic heterocycles. The van der Waals surface area contributed by atoms with Gasteiger partial charge >= 0.3 is 7.60 Å². The van der Waals surface area contributed by atoms with Crippen molar-refractivity contribution in [3.05, 3.63) is 90.0 Å². The summed E-state index contributed by atoms with van der Waals surface area (Å²) < 4.78 is 19.6. The number of aliphatic hydroxyl groups excluding tert-OH is 1. The van der Waals surface area contributed by atoms with Crippen molar-refractivity contribution in [2.45, 2.75) is 110 Å². The molecule has 18 heteroatoms. The van der Waals surface area contributed by atoms with Gasteiger partial charge in [-0.1, -0.05) is 81.4 Å². The highest BCUT2D eigenvalue weighted by atomic mass is 31.2. The van der Waals surface area contributed by atoms with Crippen LogP contribution in [0.1, 0.15) is 83.0 Å². The number of imidazole rings is 1. The molecule has 0 aliphatic carbocycles. The number of benzene rings is 2. The van der Waals surface area contributed by atoms with Gasteiger partial charge in [-0.15, -0.1) is 0 Å². The third kappa shape index (κ3) is 16.5. The molecule has 1 unspecified atom stereocenters. The highest BCUT2D eigenvalue weighted by Gasteiger charge is 2.41. The molecule has 2 aromatic carbocycles. The molecule has 7 atom stereocenters. The van der Waals surface area contributed by atoms with E-state index in [4.69, 9.17) is 10.5 Å². The van der Waals surface area contributed by atoms with Crippen LogP contribution in [0.4, 0.5) is 0 Å². The van der Waals surface area contributed by atoms with Crippen LogP contribution in [-0.4, -0.2) is 115 Å². The second-order valence-corrected chi connectivity index (χ2v) is 19.1. The van der Waals surface area contributed by atoms with Crippen LogP contribution in [0.5, 0.6) is 0 Å². The summed E-state index contributed by atoms with van der Waals surface area (Å²) in [4.78, 5) is 106. The van der Waals surface area contributed by atoms with E-state index < -0.39 is 98.4 Å². The Labute approximate surface area is 375 Å². The minimum Gasteiger partial charge on any atom is -0.394 e. The Morgan fingerprint density at radius 2 is 1.55 bits per heavy atom. The van der Waals surface area contributed by atoms with Crippen molar-refractivity contribution < 1.29 is 53.0 Å². The van der Waals surface area contributed by atoms with Crippen LogP contribution in [0.15, 0.2) is 73.2 Å². The molecule has 7 N–H and O–H groups in total. The number of rotatable bonds is 27. The zero-order chi connectivity index (χ0) is 47.0. The number of aliphatic hydroxyl groups is 1. The van der Waals surface area contributed by atoms with Gasteiger partial charge < -0.3 is 45.5 Å². The Balaban J connectivity index is 1.51. The molecule has 1 aliphatic heterocycles. The number of nitrogens with zero attached hydrogens (tertiary/aromatic N) is 3. The summed E-state index contributed by atoms with van der Waals surface area (Å²) in [6.45, 7) is 6.72. The molecule has 1 saturated heterocycles. The van der Waals surface area contributed by atoms with Crippen LogP contribution < -0.4 is 16.4 Å². The van der Waals surface area contributed by atoms with E-state index >= 15 is 0 Å². The first kappa shape index (κ1) is 51.6. The second-order valence-electron chi connectivity index (χ2n) is 17.4. The maximum absolute atomic E-state index is 14.4. The van der Waals surface area contributed by atoms with E-state index in [1.807, 2.05) is 66.9 Å². The predicted octanol–water partition coefficient (Wildman–Crippen LogP) is 2.96. The fourth-order valence-corrected chi connectivity index (χ4v) is 9.15. The van der Waals surface area contributed by atoms with E-state index in [9.17, 15) is 48.2 Å². The number of hydrogen-bond acceptors (Lipinski definition) is 10. The Morgan fingerprint density at radius 3 is 2.14 bits per heavy atom. The molecule has 4 amide bonds. The number of primary amides is 1. The largest absolute Gasteiger partial charge is 0.394 e. The van der Waals surface area contributed by atoms with Gasteiger partial charge in [0.2, 0.25) is 23.6 Å². The SMILES string of the molecule is CC(=O)N1CC(OCCCCc2ccccc2)C[C@H]1C(=O)N[C@@H](CC(C)C)C(=O)C[C@@H](Cc1cncn1Cc1ccccc1)C(=O)N[C@@H](CO)C(=O)C[C@H](C(N)=O)[C@@H](C)CP(=O)(O)O. The number of amides is 4. The highest BCUT2D eigenvalue weighted by Crippen LogP contribution is 2.39. The van der Waals surface area contributed by atoms with E-state index in [1.165, 1.54) is 24.3 Å². The monoisotopic (exact) mass is 908 g/mol. The summed E-state index contributed by atoms with van der Waals surface area (Å²) in [6, 6.07) is 16.1. The molecule has 1 fully saturated rings. The minimum absolute atomic E-state index is 0.0343. The average molecular weight is 909 g/mol. The molecule has 17 nitrogen and oxygen atoms in total. The summed E-state index contributed by atoms with van der Waals surface area (Å²) in [6.07, 6.45) is 4.11. The zero-order valence-electron chi connectivity index (χ0n) is 37.2. The molecular formula is C46H65N6O11P. The number of aromatic nitrogens is 2. The molecule has 3 aromatic rings. The van der Waals surface area contributed by atoms with Crippen molar-refractivity contribution in [2.24, 2.45) is 29.4 Å². The third-order valence-electron chi connectivity index (χ3n) is 11.6. The lowest BCUT2D eigenvalue weighted by atomic mass is 9.87. The Bertz CT molecular complexity index is 2060. The maximum Gasteiger partial charge on any atom is 0.325 e. The summed E-state index contributed by atoms with van der Waals surface area (Å²) in [5.41, 5.74) is 8.28. The number of likely N-dealkylation sites (tertiary alicyclic amines) is 1. The lowest BCUT2D eigenvalue weighted by molar-refractivity contribution is -0.138. The molecular weight excluding hydrogens is 844 g/mol. The van der Waals surface area contributed by atoms with E-state index in [0.717, 1.165) is 24.8 Å². The average Bonchev–Trinajstić information content (AvgIpc) is 3.87. The number of Topliss-reactive ketones (excluding diaryl/α,β-unsaturated/α-hetero) is 2. The van der Waals surface area contributed by atoms with Gasteiger partial charge in [-0.3, -0.25) is 33.3 Å². The summed E-state index contributed by atoms with van der Waals surface area (Å²) >= 11 is 0. The van der Waals surface area contributed by atoms with Crippen molar-refractivity contribution in [3.8, 4) is 0 Å². The van der Waals surface area contributed by atoms with E-state index in [-0.39, 0.29) is 43.7 Å². The normalized spacial score (nSPS) is 17.6. The minimum atomic E-state index is -4.58. The molecule has 0 radical (unpaired) electrons. The number of aryl methyl sites for hydroxylation is 1. The van der Waals surface area contributed by atoms with Gasteiger partial charge in [0.05, 0.1) is 37.2 Å². The second kappa shape index (κ2) is 24.9. The van der Waals surface area contributed by atoms with Crippen LogP contribution in [0.25, 0.3) is 0 Å². The number of carbonyl (C=O) groups is 6. The van der Waals surface area contributed by atoms with Gasteiger partial charge in [0.15, 0.2) is 11.6 Å². The van der Waals surface area contributed by atoms with E-state index in [1.54, 1.807) is 12.5 Å². The van der Waals surface area contributed by atoms with E-state index in [2.05, 4.69) is 27.8 Å². The number of hydrogen-bond donors (Lipinski definition) is 6. The van der Waals surface area contributed by atoms with Crippen LogP contribution >= 0.6 is 7.60 Å². The standard InChI is InChI=1S/C46H65N6O11P/c1-30(2)19-39(49-46(59)41-22-37(26-52(41)32(4)54)63-18-12-11-15-33-13-7-5-8-14-33)42(55)21-35(20-36-24-48-29-51(36)25-34-16-9-6-10-17-34)45(58)50-40(27-53)43(56)23-38(44(47)57)31(3)28-64(60,61)62/h5-10,13-14,16-17,24,29-31,35,37-41,53H,11-12,15,18-23,25-28H2,1-4H3,(H2,47,57)(H,49,59)(H,50,58)(H2,60,61,62)/t31-,35+,37?,38-,39-,40-,41-/m0/s1. The number of ketones is 2. The fraction of sp³-hybridized carbons (Fsp3) is 0.543. The molecule has 0 spiro atoms. The number of ether oxygens (including phenoxy) is 1. The smallest absolute Gasteiger partial charge is 0.325 e. The zero-order valence-corrected chi connectivity index (χ0v) is 38.1. The number of unbranched alkanes of at least 4 members (excludes halogenated alkanes) is 1. The summed E-state index contributed by atoms with van der Waals surface area (Å²) in [5, 5.41) is 15.7. The molecule has 4 rings (SSSR count). The molecule has 2 heterocycles. The first-order valence-corrected chi connectivity index (χ1v) is 23.7. The lowest BCUT2D eigenvalue weighted by Gasteiger charge is -2.27. The van der Waals surface area contributed by atoms with Crippen LogP contribution in [0.3, 0.4) is 0 Å². The maximum atomic E-state index is 14.4. The van der Waals surface area contributed by atoms with Crippen LogP contribution in [-0.2, 0) is 57.5 Å². The molecule has 0 saturated carbocycles. The van der Waals surface area contributed by atoms with Gasteiger partial charge in [0, 0.05) is 70.1 Å². The van der Waals surface area contributed by atoms with Crippen LogP contribution in [0.2, 0.25) is 0 Å². The Kier molecular flexibility index (Phi) is 20.0. The van der Waals surface area contributed by atoms with Gasteiger partial charge in [0.25, 0.3) is 0 Å². The number of carbonyl (C=O) groups excluding carboxylic acids is 6. The van der Waals surface area contributed by atoms with Crippen molar-refractivity contribution in [3.63, 3.8) is 0 Å². The van der Waals surface area contributed by atoms with Crippen molar-refractivity contribution in [1.29, 1.82) is 0 Å². The van der Waals surface area contributed by atoms with E-state index in [0.29, 0.717) is 18.8 Å².